The first-order valence-corrected chi connectivity index (χ1v) is 5.57. The molecule has 1 fully saturated rings. The van der Waals surface area contributed by atoms with Gasteiger partial charge in [0.2, 0.25) is 0 Å². The number of carbonyl (C=O) groups is 1. The van der Waals surface area contributed by atoms with Crippen molar-refractivity contribution in [3.05, 3.63) is 0 Å². The van der Waals surface area contributed by atoms with Crippen molar-refractivity contribution in [2.24, 2.45) is 11.7 Å². The van der Waals surface area contributed by atoms with E-state index in [9.17, 15) is 4.79 Å². The Kier molecular flexibility index (Phi) is 4.39. The van der Waals surface area contributed by atoms with E-state index in [1.165, 1.54) is 6.42 Å². The molecule has 3 nitrogen and oxygen atoms in total. The Hall–Kier alpha value is -0.570. The molecule has 0 spiro atoms. The van der Waals surface area contributed by atoms with Crippen LogP contribution in [0.15, 0.2) is 0 Å². The van der Waals surface area contributed by atoms with Gasteiger partial charge in [0.1, 0.15) is 0 Å². The van der Waals surface area contributed by atoms with Gasteiger partial charge in [0, 0.05) is 6.04 Å². The van der Waals surface area contributed by atoms with E-state index in [1.807, 2.05) is 13.8 Å². The first-order chi connectivity index (χ1) is 6.61. The van der Waals surface area contributed by atoms with Gasteiger partial charge in [0.15, 0.2) is 0 Å². The number of ether oxygens (including phenoxy) is 1. The maximum atomic E-state index is 11.7. The lowest BCUT2D eigenvalue weighted by molar-refractivity contribution is -0.153. The van der Waals surface area contributed by atoms with Gasteiger partial charge < -0.3 is 10.5 Å². The Bertz CT molecular complexity index is 192. The first kappa shape index (κ1) is 11.5. The molecule has 2 N–H and O–H groups in total. The van der Waals surface area contributed by atoms with E-state index in [2.05, 4.69) is 0 Å². The van der Waals surface area contributed by atoms with E-state index in [0.29, 0.717) is 0 Å². The SMILES string of the molecule is CC(C)OC(=O)C1CCCCCC1N. The van der Waals surface area contributed by atoms with Crippen molar-refractivity contribution >= 4 is 5.97 Å². The molecule has 0 amide bonds. The molecule has 2 atom stereocenters. The third-order valence-corrected chi connectivity index (χ3v) is 2.72. The van der Waals surface area contributed by atoms with Crippen LogP contribution in [-0.4, -0.2) is 18.1 Å². The Balaban J connectivity index is 2.50. The number of carbonyl (C=O) groups excluding carboxylic acids is 1. The highest BCUT2D eigenvalue weighted by atomic mass is 16.5. The molecule has 82 valence electrons. The van der Waals surface area contributed by atoms with E-state index in [4.69, 9.17) is 10.5 Å². The molecule has 0 aromatic carbocycles. The molecule has 2 unspecified atom stereocenters. The fraction of sp³-hybridized carbons (Fsp3) is 0.909. The lowest BCUT2D eigenvalue weighted by atomic mass is 9.96. The first-order valence-electron chi connectivity index (χ1n) is 5.57. The van der Waals surface area contributed by atoms with E-state index >= 15 is 0 Å². The normalized spacial score (nSPS) is 28.6. The van der Waals surface area contributed by atoms with E-state index in [1.54, 1.807) is 0 Å². The van der Waals surface area contributed by atoms with Crippen LogP contribution in [0.25, 0.3) is 0 Å². The highest BCUT2D eigenvalue weighted by Crippen LogP contribution is 2.23. The summed E-state index contributed by atoms with van der Waals surface area (Å²) in [5.74, 6) is -0.172. The molecule has 14 heavy (non-hydrogen) atoms. The smallest absolute Gasteiger partial charge is 0.310 e. The predicted molar refractivity (Wildman–Crippen MR) is 55.8 cm³/mol. The van der Waals surface area contributed by atoms with Crippen LogP contribution in [-0.2, 0) is 9.53 Å². The summed E-state index contributed by atoms with van der Waals surface area (Å²) in [6.45, 7) is 3.75. The van der Waals surface area contributed by atoms with Crippen molar-refractivity contribution in [3.8, 4) is 0 Å². The fourth-order valence-corrected chi connectivity index (χ4v) is 1.95. The fourth-order valence-electron chi connectivity index (χ4n) is 1.95. The lowest BCUT2D eigenvalue weighted by Crippen LogP contribution is -2.36. The number of hydrogen-bond donors (Lipinski definition) is 1. The molecular weight excluding hydrogens is 178 g/mol. The lowest BCUT2D eigenvalue weighted by Gasteiger charge is -2.20. The third-order valence-electron chi connectivity index (χ3n) is 2.72. The highest BCUT2D eigenvalue weighted by Gasteiger charge is 2.28. The molecule has 0 heterocycles. The van der Waals surface area contributed by atoms with Crippen molar-refractivity contribution in [2.45, 2.75) is 58.1 Å². The molecule has 1 aliphatic carbocycles. The average Bonchev–Trinajstić information content (AvgIpc) is 2.28. The number of nitrogens with two attached hydrogens (primary N) is 1. The Morgan fingerprint density at radius 2 is 1.93 bits per heavy atom. The van der Waals surface area contributed by atoms with Crippen molar-refractivity contribution in [1.29, 1.82) is 0 Å². The zero-order chi connectivity index (χ0) is 10.6. The van der Waals surface area contributed by atoms with Crippen LogP contribution >= 0.6 is 0 Å². The summed E-state index contributed by atoms with van der Waals surface area (Å²) >= 11 is 0. The van der Waals surface area contributed by atoms with Gasteiger partial charge in [-0.1, -0.05) is 19.3 Å². The van der Waals surface area contributed by atoms with Gasteiger partial charge in [-0.25, -0.2) is 0 Å². The predicted octanol–water partition coefficient (Wildman–Crippen LogP) is 1.85. The molecule has 0 radical (unpaired) electrons. The zero-order valence-corrected chi connectivity index (χ0v) is 9.16. The maximum absolute atomic E-state index is 11.7. The number of hydrogen-bond acceptors (Lipinski definition) is 3. The summed E-state index contributed by atoms with van der Waals surface area (Å²) in [6.07, 6.45) is 5.26. The molecule has 1 rings (SSSR count). The summed E-state index contributed by atoms with van der Waals surface area (Å²) in [6, 6.07) is 0.00347. The van der Waals surface area contributed by atoms with Gasteiger partial charge in [0.25, 0.3) is 0 Å². The summed E-state index contributed by atoms with van der Waals surface area (Å²) in [4.78, 5) is 11.7. The Morgan fingerprint density at radius 3 is 2.57 bits per heavy atom. The van der Waals surface area contributed by atoms with E-state index < -0.39 is 0 Å². The van der Waals surface area contributed by atoms with Crippen LogP contribution in [0.1, 0.15) is 46.0 Å². The second-order valence-electron chi connectivity index (χ2n) is 4.39. The molecule has 0 bridgehead atoms. The van der Waals surface area contributed by atoms with Gasteiger partial charge in [0.05, 0.1) is 12.0 Å². The second-order valence-corrected chi connectivity index (χ2v) is 4.39. The molecule has 0 saturated heterocycles. The molecular formula is C11H21NO2. The molecule has 0 aromatic rings. The largest absolute Gasteiger partial charge is 0.463 e. The van der Waals surface area contributed by atoms with Crippen LogP contribution in [0.4, 0.5) is 0 Å². The summed E-state index contributed by atoms with van der Waals surface area (Å²) in [5.41, 5.74) is 5.95. The van der Waals surface area contributed by atoms with Crippen LogP contribution in [0, 0.1) is 5.92 Å². The molecule has 1 saturated carbocycles. The minimum Gasteiger partial charge on any atom is -0.463 e. The standard InChI is InChI=1S/C11H21NO2/c1-8(2)14-11(13)9-6-4-3-5-7-10(9)12/h8-10H,3-7,12H2,1-2H3. The minimum absolute atomic E-state index is 0.00347. The van der Waals surface area contributed by atoms with Crippen LogP contribution in [0.3, 0.4) is 0 Å². The quantitative estimate of drug-likeness (QED) is 0.545. The topological polar surface area (TPSA) is 52.3 Å². The van der Waals surface area contributed by atoms with Crippen molar-refractivity contribution in [2.75, 3.05) is 0 Å². The minimum atomic E-state index is -0.102. The monoisotopic (exact) mass is 199 g/mol. The second kappa shape index (κ2) is 5.35. The Morgan fingerprint density at radius 1 is 1.29 bits per heavy atom. The van der Waals surface area contributed by atoms with Crippen molar-refractivity contribution < 1.29 is 9.53 Å². The Labute approximate surface area is 86.0 Å². The van der Waals surface area contributed by atoms with Gasteiger partial charge in [-0.15, -0.1) is 0 Å². The van der Waals surface area contributed by atoms with E-state index in [0.717, 1.165) is 25.7 Å². The average molecular weight is 199 g/mol. The summed E-state index contributed by atoms with van der Waals surface area (Å²) in [5, 5.41) is 0. The molecule has 0 aromatic heterocycles. The van der Waals surface area contributed by atoms with Crippen molar-refractivity contribution in [3.63, 3.8) is 0 Å². The molecule has 1 aliphatic rings. The van der Waals surface area contributed by atoms with Gasteiger partial charge in [-0.05, 0) is 26.7 Å². The number of rotatable bonds is 2. The summed E-state index contributed by atoms with van der Waals surface area (Å²) < 4.78 is 5.20. The van der Waals surface area contributed by atoms with E-state index in [-0.39, 0.29) is 24.0 Å². The van der Waals surface area contributed by atoms with Crippen molar-refractivity contribution in [1.82, 2.24) is 0 Å². The number of esters is 1. The highest BCUT2D eigenvalue weighted by molar-refractivity contribution is 5.73. The van der Waals surface area contributed by atoms with Crippen LogP contribution < -0.4 is 5.73 Å². The third kappa shape index (κ3) is 3.29. The molecule has 0 aliphatic heterocycles. The van der Waals surface area contributed by atoms with Gasteiger partial charge in [-0.2, -0.15) is 0 Å². The molecule has 3 heteroatoms. The van der Waals surface area contributed by atoms with Crippen LogP contribution in [0.2, 0.25) is 0 Å². The summed E-state index contributed by atoms with van der Waals surface area (Å²) in [7, 11) is 0. The maximum Gasteiger partial charge on any atom is 0.310 e. The van der Waals surface area contributed by atoms with Gasteiger partial charge >= 0.3 is 5.97 Å². The van der Waals surface area contributed by atoms with Gasteiger partial charge in [-0.3, -0.25) is 4.79 Å². The zero-order valence-electron chi connectivity index (χ0n) is 9.16. The van der Waals surface area contributed by atoms with Crippen LogP contribution in [0.5, 0.6) is 0 Å².